The number of aromatic hydroxyl groups is 3. The summed E-state index contributed by atoms with van der Waals surface area (Å²) >= 11 is 0. The molecule has 4 aliphatic rings. The lowest BCUT2D eigenvalue weighted by Gasteiger charge is -2.42. The van der Waals surface area contributed by atoms with Crippen molar-refractivity contribution in [1.82, 2.24) is 0 Å². The van der Waals surface area contributed by atoms with Crippen molar-refractivity contribution in [2.75, 3.05) is 20.8 Å². The van der Waals surface area contributed by atoms with E-state index < -0.39 is 126 Å². The van der Waals surface area contributed by atoms with Crippen LogP contribution in [0.4, 0.5) is 0 Å². The second-order valence-electron chi connectivity index (χ2n) is 16.8. The number of methoxy groups -OCH3 is 2. The van der Waals surface area contributed by atoms with E-state index in [9.17, 15) is 60.7 Å². The van der Waals surface area contributed by atoms with Gasteiger partial charge in [0.15, 0.2) is 47.3 Å². The van der Waals surface area contributed by atoms with Gasteiger partial charge in [-0.1, -0.05) is 6.92 Å². The van der Waals surface area contributed by atoms with E-state index in [2.05, 4.69) is 0 Å². The third-order valence-corrected chi connectivity index (χ3v) is 12.4. The van der Waals surface area contributed by atoms with Gasteiger partial charge in [-0.05, 0) is 61.9 Å². The van der Waals surface area contributed by atoms with Crippen LogP contribution in [0.5, 0.6) is 40.2 Å². The predicted molar refractivity (Wildman–Crippen MR) is 230 cm³/mol. The molecule has 68 heavy (non-hydrogen) atoms. The van der Waals surface area contributed by atoms with Gasteiger partial charge in [0, 0.05) is 29.7 Å². The normalized spacial score (nSPS) is 32.4. The molecule has 366 valence electrons. The van der Waals surface area contributed by atoms with Gasteiger partial charge in [-0.2, -0.15) is 0 Å². The first-order chi connectivity index (χ1) is 32.3. The molecule has 0 radical (unpaired) electrons. The second-order valence-corrected chi connectivity index (χ2v) is 16.8. The molecule has 4 heterocycles. The number of esters is 1. The largest absolute Gasteiger partial charge is 0.508 e. The number of aliphatic hydroxyl groups excluding tert-OH is 7. The molecule has 4 aromatic rings. The minimum absolute atomic E-state index is 0.0445. The fraction of sp³-hybridized carbons (Fsp3) is 0.435. The molecule has 2 saturated heterocycles. The summed E-state index contributed by atoms with van der Waals surface area (Å²) in [7, 11) is 2.63. The van der Waals surface area contributed by atoms with Gasteiger partial charge < -0.3 is 98.1 Å². The van der Waals surface area contributed by atoms with Crippen molar-refractivity contribution >= 4 is 23.0 Å². The van der Waals surface area contributed by atoms with Crippen LogP contribution in [0.25, 0.3) is 28.4 Å². The van der Waals surface area contributed by atoms with Crippen LogP contribution < -0.4 is 24.4 Å². The van der Waals surface area contributed by atoms with E-state index in [0.717, 1.165) is 12.1 Å². The molecule has 22 heteroatoms. The average Bonchev–Trinajstić information content (AvgIpc) is 3.89. The molecule has 22 nitrogen and oxygen atoms in total. The first-order valence-corrected chi connectivity index (χ1v) is 21.2. The number of aliphatic hydroxyl groups is 7. The van der Waals surface area contributed by atoms with Crippen molar-refractivity contribution in [2.24, 2.45) is 11.8 Å². The smallest absolute Gasteiger partial charge is 0.330 e. The number of rotatable bonds is 13. The molecule has 1 saturated carbocycles. The Kier molecular flexibility index (Phi) is 13.2. The first-order valence-electron chi connectivity index (χ1n) is 21.2. The molecule has 3 aliphatic heterocycles. The van der Waals surface area contributed by atoms with E-state index >= 15 is 0 Å². The van der Waals surface area contributed by atoms with Gasteiger partial charge in [0.25, 0.3) is 0 Å². The van der Waals surface area contributed by atoms with Crippen LogP contribution in [0.15, 0.2) is 75.3 Å². The number of benzene rings is 3. The topological polar surface area (TPSA) is 333 Å². The summed E-state index contributed by atoms with van der Waals surface area (Å²) in [5.41, 5.74) is -0.915. The summed E-state index contributed by atoms with van der Waals surface area (Å²) < 4.78 is 57.5. The zero-order chi connectivity index (χ0) is 49.1. The summed E-state index contributed by atoms with van der Waals surface area (Å²) in [5, 5.41) is 107. The van der Waals surface area contributed by atoms with Crippen LogP contribution >= 0.6 is 0 Å². The Morgan fingerprint density at radius 2 is 1.47 bits per heavy atom. The molecule has 3 aromatic carbocycles. The summed E-state index contributed by atoms with van der Waals surface area (Å²) in [5.74, 6) is -8.15. The lowest BCUT2D eigenvalue weighted by atomic mass is 9.93. The molecule has 0 amide bonds. The SMILES string of the molecule is COc1cc(/C=C/C(=O)OCC2O[C@@H](Oc3c(-c4ccc(O)cc4)oc4cc(OC56OC(C)[C@H](C)C(O)C5[C@@H]6O)cc(O)c4c3=O)C(O[C@@H]3OC(C)[C@H](O)C(O)C3O)C(O)=C2O)cc(OC)c1O. The van der Waals surface area contributed by atoms with Crippen molar-refractivity contribution in [3.05, 3.63) is 81.9 Å². The maximum Gasteiger partial charge on any atom is 0.330 e. The number of hydrogen-bond donors (Lipinski definition) is 10. The standard InChI is InChI=1S/C46H50O22/c1-17-18(2)67-46(31(32(17)50)43(46)58)68-23-14-24(48)30-25(15-23)63-40(21-7-9-22(47)10-8-21)41(36(30)54)65-45-42(66-44-39(57)37(55)33(51)19(3)62-44)38(56)35(53)28(64-45)16-61-29(49)11-6-20-12-26(59-4)34(52)27(13-20)60-5/h6-15,17-19,28,31-33,37,39,42-45,47-48,50-53,55-58H,16H2,1-5H3/b11-6+/t17-,18?,19?,28?,31?,32?,33-,37?,39?,42?,43-,44-,45-,46?/m0/s1. The van der Waals surface area contributed by atoms with Crippen LogP contribution in [0.3, 0.4) is 0 Å². The van der Waals surface area contributed by atoms with Gasteiger partial charge in [-0.3, -0.25) is 4.79 Å². The van der Waals surface area contributed by atoms with E-state index in [1.54, 1.807) is 13.8 Å². The predicted octanol–water partition coefficient (Wildman–Crippen LogP) is 1.98. The number of phenols is 3. The average molecular weight is 955 g/mol. The van der Waals surface area contributed by atoms with Crippen molar-refractivity contribution < 1.29 is 103 Å². The fourth-order valence-corrected chi connectivity index (χ4v) is 8.33. The quantitative estimate of drug-likeness (QED) is 0.0676. The summed E-state index contributed by atoms with van der Waals surface area (Å²) in [6.45, 7) is 4.00. The van der Waals surface area contributed by atoms with E-state index in [4.69, 9.17) is 47.0 Å². The number of phenolic OH excluding ortho intramolecular Hbond substituents is 3. The summed E-state index contributed by atoms with van der Waals surface area (Å²) in [6.07, 6.45) is -14.7. The van der Waals surface area contributed by atoms with Crippen molar-refractivity contribution in [3.63, 3.8) is 0 Å². The van der Waals surface area contributed by atoms with E-state index in [1.165, 1.54) is 69.7 Å². The Labute approximate surface area is 385 Å². The van der Waals surface area contributed by atoms with Crippen molar-refractivity contribution in [1.29, 1.82) is 0 Å². The van der Waals surface area contributed by atoms with Crippen LogP contribution in [-0.2, 0) is 28.5 Å². The van der Waals surface area contributed by atoms with Crippen LogP contribution in [-0.4, -0.2) is 151 Å². The Balaban J connectivity index is 1.15. The van der Waals surface area contributed by atoms with Crippen molar-refractivity contribution in [3.8, 4) is 51.6 Å². The zero-order valence-corrected chi connectivity index (χ0v) is 36.9. The molecule has 0 bridgehead atoms. The highest BCUT2D eigenvalue weighted by molar-refractivity contribution is 5.89. The van der Waals surface area contributed by atoms with Gasteiger partial charge >= 0.3 is 5.97 Å². The van der Waals surface area contributed by atoms with E-state index in [0.29, 0.717) is 5.56 Å². The van der Waals surface area contributed by atoms with Crippen LogP contribution in [0.1, 0.15) is 26.3 Å². The highest BCUT2D eigenvalue weighted by Gasteiger charge is 2.76. The number of carbonyl (C=O) groups is 1. The number of ether oxygens (including phenoxy) is 9. The third kappa shape index (κ3) is 8.69. The van der Waals surface area contributed by atoms with Gasteiger partial charge in [-0.15, -0.1) is 0 Å². The van der Waals surface area contributed by atoms with Crippen LogP contribution in [0.2, 0.25) is 0 Å². The molecule has 1 aromatic heterocycles. The summed E-state index contributed by atoms with van der Waals surface area (Å²) in [6, 6.07) is 10.3. The monoisotopic (exact) mass is 954 g/mol. The minimum atomic E-state index is -2.07. The molecule has 10 N–H and O–H groups in total. The molecule has 9 unspecified atom stereocenters. The van der Waals surface area contributed by atoms with Gasteiger partial charge in [0.1, 0.15) is 59.2 Å². The maximum atomic E-state index is 14.6. The molecule has 3 fully saturated rings. The molecule has 0 spiro atoms. The van der Waals surface area contributed by atoms with Crippen LogP contribution in [0, 0.1) is 11.8 Å². The highest BCUT2D eigenvalue weighted by Crippen LogP contribution is 2.56. The molecular weight excluding hydrogens is 904 g/mol. The summed E-state index contributed by atoms with van der Waals surface area (Å²) in [4.78, 5) is 27.6. The van der Waals surface area contributed by atoms with E-state index in [-0.39, 0.29) is 51.6 Å². The zero-order valence-electron chi connectivity index (χ0n) is 36.9. The number of carbonyl (C=O) groups excluding carboxylic acids is 1. The van der Waals surface area contributed by atoms with Crippen molar-refractivity contribution in [2.45, 2.75) is 94.1 Å². The number of hydrogen-bond acceptors (Lipinski definition) is 22. The maximum absolute atomic E-state index is 14.6. The Morgan fingerprint density at radius 3 is 2.13 bits per heavy atom. The third-order valence-electron chi connectivity index (χ3n) is 12.4. The molecular formula is C46H50O22. The molecule has 1 aliphatic carbocycles. The number of fused-ring (bicyclic) bond motifs is 2. The first kappa shape index (κ1) is 48.1. The lowest BCUT2D eigenvalue weighted by Crippen LogP contribution is -2.59. The molecule has 8 rings (SSSR count). The Morgan fingerprint density at radius 1 is 0.794 bits per heavy atom. The van der Waals surface area contributed by atoms with Gasteiger partial charge in [0.05, 0.1) is 38.4 Å². The second kappa shape index (κ2) is 18.6. The minimum Gasteiger partial charge on any atom is -0.508 e. The van der Waals surface area contributed by atoms with Gasteiger partial charge in [-0.25, -0.2) is 4.79 Å². The highest BCUT2D eigenvalue weighted by atomic mass is 16.8. The Bertz CT molecular complexity index is 2640. The molecule has 14 atom stereocenters. The van der Waals surface area contributed by atoms with Gasteiger partial charge in [0.2, 0.25) is 29.0 Å². The Hall–Kier alpha value is -6.34. The lowest BCUT2D eigenvalue weighted by molar-refractivity contribution is -0.324. The fourth-order valence-electron chi connectivity index (χ4n) is 8.33. The van der Waals surface area contributed by atoms with E-state index in [1.807, 2.05) is 0 Å².